The summed E-state index contributed by atoms with van der Waals surface area (Å²) < 4.78 is 10.4. The molecule has 0 aliphatic heterocycles. The number of methoxy groups -OCH3 is 1. The molecule has 0 atom stereocenters. The van der Waals surface area contributed by atoms with E-state index in [9.17, 15) is 4.79 Å². The van der Waals surface area contributed by atoms with Gasteiger partial charge in [0.1, 0.15) is 0 Å². The van der Waals surface area contributed by atoms with Gasteiger partial charge in [-0.05, 0) is 31.9 Å². The Balaban J connectivity index is 2.56. The second kappa shape index (κ2) is 8.77. The van der Waals surface area contributed by atoms with Crippen LogP contribution < -0.4 is 10.1 Å². The third kappa shape index (κ3) is 5.49. The van der Waals surface area contributed by atoms with Crippen LogP contribution in [0.2, 0.25) is 5.02 Å². The Bertz CT molecular complexity index is 410. The molecule has 0 spiro atoms. The number of hydrogen-bond acceptors (Lipinski definition) is 3. The van der Waals surface area contributed by atoms with E-state index in [0.29, 0.717) is 36.1 Å². The Labute approximate surface area is 119 Å². The van der Waals surface area contributed by atoms with Crippen molar-refractivity contribution in [3.8, 4) is 5.75 Å². The van der Waals surface area contributed by atoms with Gasteiger partial charge < -0.3 is 14.8 Å². The average Bonchev–Trinajstić information content (AvgIpc) is 2.39. The molecule has 1 rings (SSSR count). The highest BCUT2D eigenvalue weighted by atomic mass is 35.5. The van der Waals surface area contributed by atoms with E-state index in [-0.39, 0.29) is 5.91 Å². The quantitative estimate of drug-likeness (QED) is 0.744. The first-order valence-corrected chi connectivity index (χ1v) is 6.77. The normalized spacial score (nSPS) is 10.3. The number of anilines is 1. The summed E-state index contributed by atoms with van der Waals surface area (Å²) in [5.74, 6) is 0.483. The number of nitrogens with one attached hydrogen (secondary N) is 1. The van der Waals surface area contributed by atoms with Crippen LogP contribution in [0.3, 0.4) is 0 Å². The Kier molecular flexibility index (Phi) is 7.30. The maximum absolute atomic E-state index is 11.8. The van der Waals surface area contributed by atoms with Crippen molar-refractivity contribution in [3.63, 3.8) is 0 Å². The molecule has 0 unspecified atom stereocenters. The molecule has 1 aromatic rings. The Morgan fingerprint density at radius 3 is 2.84 bits per heavy atom. The topological polar surface area (TPSA) is 47.6 Å². The van der Waals surface area contributed by atoms with E-state index in [2.05, 4.69) is 5.32 Å². The molecule has 0 bridgehead atoms. The molecule has 1 N–H and O–H groups in total. The SMILES string of the molecule is CCOc1c(Cl)cccc1NC(=O)CCCCOC. The van der Waals surface area contributed by atoms with E-state index in [1.807, 2.05) is 6.92 Å². The van der Waals surface area contributed by atoms with Crippen LogP contribution in [0.25, 0.3) is 0 Å². The van der Waals surface area contributed by atoms with Gasteiger partial charge in [0.25, 0.3) is 0 Å². The fourth-order valence-corrected chi connectivity index (χ4v) is 1.87. The first-order valence-electron chi connectivity index (χ1n) is 6.39. The summed E-state index contributed by atoms with van der Waals surface area (Å²) >= 11 is 6.04. The zero-order valence-electron chi connectivity index (χ0n) is 11.4. The Morgan fingerprint density at radius 2 is 2.16 bits per heavy atom. The van der Waals surface area contributed by atoms with E-state index >= 15 is 0 Å². The number of benzene rings is 1. The molecule has 0 aliphatic rings. The molecule has 0 heterocycles. The number of para-hydroxylation sites is 1. The number of ether oxygens (including phenoxy) is 2. The van der Waals surface area contributed by atoms with Gasteiger partial charge >= 0.3 is 0 Å². The highest BCUT2D eigenvalue weighted by molar-refractivity contribution is 6.32. The molecule has 0 aliphatic carbocycles. The van der Waals surface area contributed by atoms with Gasteiger partial charge in [0.05, 0.1) is 17.3 Å². The predicted octanol–water partition coefficient (Wildman–Crippen LogP) is 3.49. The molecule has 0 fully saturated rings. The van der Waals surface area contributed by atoms with Gasteiger partial charge in [-0.1, -0.05) is 17.7 Å². The van der Waals surface area contributed by atoms with Gasteiger partial charge in [0.2, 0.25) is 5.91 Å². The monoisotopic (exact) mass is 285 g/mol. The summed E-state index contributed by atoms with van der Waals surface area (Å²) in [7, 11) is 1.65. The highest BCUT2D eigenvalue weighted by Gasteiger charge is 2.10. The van der Waals surface area contributed by atoms with Crippen molar-refractivity contribution in [2.45, 2.75) is 26.2 Å². The summed E-state index contributed by atoms with van der Waals surface area (Å²) in [5, 5.41) is 3.32. The standard InChI is InChI=1S/C14H20ClNO3/c1-3-19-14-11(15)7-6-8-12(14)16-13(17)9-4-5-10-18-2/h6-8H,3-5,9-10H2,1-2H3,(H,16,17). The van der Waals surface area contributed by atoms with Crippen LogP contribution in [0, 0.1) is 0 Å². The van der Waals surface area contributed by atoms with Gasteiger partial charge in [-0.15, -0.1) is 0 Å². The van der Waals surface area contributed by atoms with Gasteiger partial charge in [0, 0.05) is 20.1 Å². The second-order valence-electron chi connectivity index (χ2n) is 4.05. The van der Waals surface area contributed by atoms with E-state index in [0.717, 1.165) is 12.8 Å². The van der Waals surface area contributed by atoms with Crippen molar-refractivity contribution in [2.24, 2.45) is 0 Å². The molecular formula is C14H20ClNO3. The van der Waals surface area contributed by atoms with E-state index in [1.165, 1.54) is 0 Å². The molecule has 5 heteroatoms. The molecule has 4 nitrogen and oxygen atoms in total. The zero-order chi connectivity index (χ0) is 14.1. The lowest BCUT2D eigenvalue weighted by atomic mass is 10.2. The highest BCUT2D eigenvalue weighted by Crippen LogP contribution is 2.32. The van der Waals surface area contributed by atoms with Crippen LogP contribution in [0.1, 0.15) is 26.2 Å². The summed E-state index contributed by atoms with van der Waals surface area (Å²) in [6.07, 6.45) is 2.13. The zero-order valence-corrected chi connectivity index (χ0v) is 12.1. The third-order valence-electron chi connectivity index (χ3n) is 2.53. The van der Waals surface area contributed by atoms with Crippen molar-refractivity contribution in [3.05, 3.63) is 23.2 Å². The van der Waals surface area contributed by atoms with Crippen LogP contribution in [0.4, 0.5) is 5.69 Å². The van der Waals surface area contributed by atoms with Crippen molar-refractivity contribution in [2.75, 3.05) is 25.6 Å². The van der Waals surface area contributed by atoms with Crippen LogP contribution in [0.15, 0.2) is 18.2 Å². The van der Waals surface area contributed by atoms with E-state index in [4.69, 9.17) is 21.1 Å². The molecule has 1 aromatic carbocycles. The largest absolute Gasteiger partial charge is 0.490 e. The van der Waals surface area contributed by atoms with Crippen molar-refractivity contribution in [1.82, 2.24) is 0 Å². The summed E-state index contributed by atoms with van der Waals surface area (Å²) in [6.45, 7) is 3.05. The number of hydrogen-bond donors (Lipinski definition) is 1. The number of rotatable bonds is 8. The number of amides is 1. The van der Waals surface area contributed by atoms with Gasteiger partial charge in [-0.2, -0.15) is 0 Å². The fraction of sp³-hybridized carbons (Fsp3) is 0.500. The molecule has 0 saturated heterocycles. The third-order valence-corrected chi connectivity index (χ3v) is 2.83. The summed E-state index contributed by atoms with van der Waals surface area (Å²) in [5.41, 5.74) is 0.617. The van der Waals surface area contributed by atoms with Crippen LogP contribution in [-0.2, 0) is 9.53 Å². The van der Waals surface area contributed by atoms with Crippen LogP contribution in [-0.4, -0.2) is 26.2 Å². The van der Waals surface area contributed by atoms with Gasteiger partial charge in [0.15, 0.2) is 5.75 Å². The number of halogens is 1. The van der Waals surface area contributed by atoms with Crippen LogP contribution >= 0.6 is 11.6 Å². The summed E-state index contributed by atoms with van der Waals surface area (Å²) in [6, 6.07) is 5.30. The maximum Gasteiger partial charge on any atom is 0.224 e. The molecule has 0 radical (unpaired) electrons. The lowest BCUT2D eigenvalue weighted by Gasteiger charge is -2.12. The Hall–Kier alpha value is -1.26. The predicted molar refractivity (Wildman–Crippen MR) is 77.0 cm³/mol. The van der Waals surface area contributed by atoms with Crippen LogP contribution in [0.5, 0.6) is 5.75 Å². The molecule has 106 valence electrons. The summed E-state index contributed by atoms with van der Waals surface area (Å²) in [4.78, 5) is 11.8. The van der Waals surface area contributed by atoms with E-state index < -0.39 is 0 Å². The maximum atomic E-state index is 11.8. The second-order valence-corrected chi connectivity index (χ2v) is 4.45. The minimum atomic E-state index is -0.0423. The van der Waals surface area contributed by atoms with E-state index in [1.54, 1.807) is 25.3 Å². The van der Waals surface area contributed by atoms with Crippen molar-refractivity contribution < 1.29 is 14.3 Å². The molecule has 1 amide bonds. The number of unbranched alkanes of at least 4 members (excludes halogenated alkanes) is 1. The molecular weight excluding hydrogens is 266 g/mol. The number of carbonyl (C=O) groups excluding carboxylic acids is 1. The lowest BCUT2D eigenvalue weighted by Crippen LogP contribution is -2.12. The minimum absolute atomic E-state index is 0.0423. The van der Waals surface area contributed by atoms with Crippen molar-refractivity contribution in [1.29, 1.82) is 0 Å². The van der Waals surface area contributed by atoms with Gasteiger partial charge in [-0.3, -0.25) is 4.79 Å². The minimum Gasteiger partial charge on any atom is -0.490 e. The number of carbonyl (C=O) groups is 1. The van der Waals surface area contributed by atoms with Crippen molar-refractivity contribution >= 4 is 23.2 Å². The lowest BCUT2D eigenvalue weighted by molar-refractivity contribution is -0.116. The molecule has 0 aromatic heterocycles. The fourth-order valence-electron chi connectivity index (χ4n) is 1.64. The Morgan fingerprint density at radius 1 is 1.37 bits per heavy atom. The average molecular weight is 286 g/mol. The molecule has 0 saturated carbocycles. The van der Waals surface area contributed by atoms with Gasteiger partial charge in [-0.25, -0.2) is 0 Å². The molecule has 19 heavy (non-hydrogen) atoms. The first kappa shape index (κ1) is 15.8. The smallest absolute Gasteiger partial charge is 0.224 e. The first-order chi connectivity index (χ1) is 9.19.